The first-order valence-corrected chi connectivity index (χ1v) is 5.83. The first-order chi connectivity index (χ1) is 8.34. The molecule has 17 heavy (non-hydrogen) atoms. The molecule has 0 saturated heterocycles. The van der Waals surface area contributed by atoms with Gasteiger partial charge in [-0.15, -0.1) is 0 Å². The molecule has 1 heterocycles. The maximum Gasteiger partial charge on any atom is 0.127 e. The maximum atomic E-state index is 10.1. The molecule has 1 aliphatic heterocycles. The van der Waals surface area contributed by atoms with Crippen molar-refractivity contribution in [3.05, 3.63) is 65.7 Å². The van der Waals surface area contributed by atoms with Gasteiger partial charge >= 0.3 is 0 Å². The molecule has 2 atom stereocenters. The van der Waals surface area contributed by atoms with Gasteiger partial charge in [0.1, 0.15) is 11.9 Å². The molecule has 2 heteroatoms. The lowest BCUT2D eigenvalue weighted by molar-refractivity contribution is 0.0657. The van der Waals surface area contributed by atoms with E-state index in [1.165, 1.54) is 0 Å². The minimum Gasteiger partial charge on any atom is -0.485 e. The summed E-state index contributed by atoms with van der Waals surface area (Å²) in [6, 6.07) is 17.7. The van der Waals surface area contributed by atoms with Crippen LogP contribution in [0.15, 0.2) is 54.6 Å². The first kappa shape index (κ1) is 10.4. The van der Waals surface area contributed by atoms with Crippen LogP contribution in [0.5, 0.6) is 5.75 Å². The molecule has 0 unspecified atom stereocenters. The Morgan fingerprint density at radius 3 is 2.47 bits per heavy atom. The average Bonchev–Trinajstić information content (AvgIpc) is 2.40. The lowest BCUT2D eigenvalue weighted by Crippen LogP contribution is -2.18. The van der Waals surface area contributed by atoms with E-state index in [0.29, 0.717) is 6.42 Å². The number of aliphatic hydroxyl groups excluding tert-OH is 1. The predicted octanol–water partition coefficient (Wildman–Crippen LogP) is 3.24. The number of aliphatic hydroxyl groups is 1. The van der Waals surface area contributed by atoms with Crippen LogP contribution in [0, 0.1) is 0 Å². The number of hydrogen-bond acceptors (Lipinski definition) is 2. The predicted molar refractivity (Wildman–Crippen MR) is 65.8 cm³/mol. The average molecular weight is 226 g/mol. The van der Waals surface area contributed by atoms with Gasteiger partial charge in [0.25, 0.3) is 0 Å². The van der Waals surface area contributed by atoms with E-state index < -0.39 is 6.10 Å². The molecule has 0 radical (unpaired) electrons. The molecule has 1 N–H and O–H groups in total. The molecular formula is C15H14O2. The van der Waals surface area contributed by atoms with Gasteiger partial charge in [0, 0.05) is 12.0 Å². The highest BCUT2D eigenvalue weighted by atomic mass is 16.5. The van der Waals surface area contributed by atoms with Crippen LogP contribution in [-0.2, 0) is 0 Å². The fourth-order valence-electron chi connectivity index (χ4n) is 2.27. The van der Waals surface area contributed by atoms with Crippen LogP contribution < -0.4 is 4.74 Å². The molecular weight excluding hydrogens is 212 g/mol. The summed E-state index contributed by atoms with van der Waals surface area (Å²) in [5.41, 5.74) is 2.00. The molecule has 2 aromatic rings. The molecule has 0 aliphatic carbocycles. The minimum absolute atomic E-state index is 0.0545. The minimum atomic E-state index is -0.440. The van der Waals surface area contributed by atoms with E-state index in [1.807, 2.05) is 54.6 Å². The molecule has 2 nitrogen and oxygen atoms in total. The molecule has 3 rings (SSSR count). The summed E-state index contributed by atoms with van der Waals surface area (Å²) in [7, 11) is 0. The lowest BCUT2D eigenvalue weighted by Gasteiger charge is -2.29. The Kier molecular flexibility index (Phi) is 2.57. The van der Waals surface area contributed by atoms with Crippen LogP contribution in [0.3, 0.4) is 0 Å². The summed E-state index contributed by atoms with van der Waals surface area (Å²) in [4.78, 5) is 0. The van der Waals surface area contributed by atoms with Gasteiger partial charge in [-0.1, -0.05) is 48.5 Å². The summed E-state index contributed by atoms with van der Waals surface area (Å²) in [5.74, 6) is 0.792. The number of fused-ring (bicyclic) bond motifs is 1. The van der Waals surface area contributed by atoms with Crippen molar-refractivity contribution in [2.24, 2.45) is 0 Å². The van der Waals surface area contributed by atoms with Gasteiger partial charge < -0.3 is 9.84 Å². The summed E-state index contributed by atoms with van der Waals surface area (Å²) < 4.78 is 5.93. The smallest absolute Gasteiger partial charge is 0.127 e. The second-order valence-corrected chi connectivity index (χ2v) is 4.31. The highest BCUT2D eigenvalue weighted by molar-refractivity contribution is 5.38. The van der Waals surface area contributed by atoms with Crippen molar-refractivity contribution in [3.63, 3.8) is 0 Å². The van der Waals surface area contributed by atoms with Gasteiger partial charge in [-0.05, 0) is 11.6 Å². The van der Waals surface area contributed by atoms with Crippen molar-refractivity contribution in [3.8, 4) is 5.75 Å². The normalized spacial score (nSPS) is 22.6. The van der Waals surface area contributed by atoms with Gasteiger partial charge in [0.05, 0.1) is 6.10 Å². The van der Waals surface area contributed by atoms with Crippen LogP contribution in [0.4, 0.5) is 0 Å². The fourth-order valence-corrected chi connectivity index (χ4v) is 2.27. The Labute approximate surface area is 100 Å². The highest BCUT2D eigenvalue weighted by Crippen LogP contribution is 2.40. The van der Waals surface area contributed by atoms with E-state index in [2.05, 4.69) is 0 Å². The van der Waals surface area contributed by atoms with Crippen molar-refractivity contribution in [2.75, 3.05) is 0 Å². The zero-order valence-electron chi connectivity index (χ0n) is 9.41. The fraction of sp³-hybridized carbons (Fsp3) is 0.200. The third-order valence-corrected chi connectivity index (χ3v) is 3.16. The molecule has 0 fully saturated rings. The molecule has 0 spiro atoms. The van der Waals surface area contributed by atoms with E-state index in [-0.39, 0.29) is 6.10 Å². The highest BCUT2D eigenvalue weighted by Gasteiger charge is 2.27. The zero-order valence-corrected chi connectivity index (χ0v) is 9.41. The van der Waals surface area contributed by atoms with Crippen LogP contribution in [0.2, 0.25) is 0 Å². The molecule has 1 aliphatic rings. The lowest BCUT2D eigenvalue weighted by atomic mass is 9.95. The zero-order chi connectivity index (χ0) is 11.7. The Bertz CT molecular complexity index is 507. The van der Waals surface area contributed by atoms with Crippen molar-refractivity contribution >= 4 is 0 Å². The number of hydrogen-bond donors (Lipinski definition) is 1. The quantitative estimate of drug-likeness (QED) is 0.808. The monoisotopic (exact) mass is 226 g/mol. The van der Waals surface area contributed by atoms with E-state index in [1.54, 1.807) is 0 Å². The molecule has 86 valence electrons. The topological polar surface area (TPSA) is 29.5 Å². The van der Waals surface area contributed by atoms with Crippen molar-refractivity contribution < 1.29 is 9.84 Å². The molecule has 2 aromatic carbocycles. The Morgan fingerprint density at radius 2 is 1.65 bits per heavy atom. The van der Waals surface area contributed by atoms with Crippen molar-refractivity contribution in [1.29, 1.82) is 0 Å². The Hall–Kier alpha value is -1.80. The van der Waals surface area contributed by atoms with Gasteiger partial charge in [-0.2, -0.15) is 0 Å². The van der Waals surface area contributed by atoms with Gasteiger partial charge in [-0.25, -0.2) is 0 Å². The number of rotatable bonds is 1. The maximum absolute atomic E-state index is 10.1. The Balaban J connectivity index is 1.94. The summed E-state index contributed by atoms with van der Waals surface area (Å²) >= 11 is 0. The number of para-hydroxylation sites is 1. The SMILES string of the molecule is O[C@H]1C[C@@H](c2ccccc2)Oc2ccccc21. The van der Waals surface area contributed by atoms with E-state index in [0.717, 1.165) is 16.9 Å². The summed E-state index contributed by atoms with van der Waals surface area (Å²) in [5, 5.41) is 10.1. The summed E-state index contributed by atoms with van der Waals surface area (Å²) in [6.07, 6.45) is 0.118. The standard InChI is InChI=1S/C15H14O2/c16-13-10-15(11-6-2-1-3-7-11)17-14-9-5-4-8-12(13)14/h1-9,13,15-16H,10H2/t13-,15-/m0/s1. The largest absolute Gasteiger partial charge is 0.485 e. The second-order valence-electron chi connectivity index (χ2n) is 4.31. The van der Waals surface area contributed by atoms with Crippen molar-refractivity contribution in [1.82, 2.24) is 0 Å². The first-order valence-electron chi connectivity index (χ1n) is 5.83. The van der Waals surface area contributed by atoms with Gasteiger partial charge in [-0.3, -0.25) is 0 Å². The van der Waals surface area contributed by atoms with Gasteiger partial charge in [0.2, 0.25) is 0 Å². The number of ether oxygens (including phenoxy) is 1. The number of benzene rings is 2. The van der Waals surface area contributed by atoms with E-state index in [9.17, 15) is 5.11 Å². The third kappa shape index (κ3) is 1.92. The molecule has 0 amide bonds. The molecule has 0 aromatic heterocycles. The van der Waals surface area contributed by atoms with E-state index in [4.69, 9.17) is 4.74 Å². The van der Waals surface area contributed by atoms with Crippen LogP contribution in [0.1, 0.15) is 29.8 Å². The summed E-state index contributed by atoms with van der Waals surface area (Å²) in [6.45, 7) is 0. The van der Waals surface area contributed by atoms with Crippen LogP contribution >= 0.6 is 0 Å². The van der Waals surface area contributed by atoms with Crippen LogP contribution in [-0.4, -0.2) is 5.11 Å². The second kappa shape index (κ2) is 4.22. The van der Waals surface area contributed by atoms with Crippen molar-refractivity contribution in [2.45, 2.75) is 18.6 Å². The van der Waals surface area contributed by atoms with E-state index >= 15 is 0 Å². The molecule has 0 bridgehead atoms. The van der Waals surface area contributed by atoms with Crippen LogP contribution in [0.25, 0.3) is 0 Å². The van der Waals surface area contributed by atoms with Gasteiger partial charge in [0.15, 0.2) is 0 Å². The third-order valence-electron chi connectivity index (χ3n) is 3.16. The Morgan fingerprint density at radius 1 is 0.941 bits per heavy atom. The molecule has 0 saturated carbocycles.